The van der Waals surface area contributed by atoms with Gasteiger partial charge in [-0.25, -0.2) is 0 Å². The van der Waals surface area contributed by atoms with Crippen molar-refractivity contribution in [2.75, 3.05) is 26.2 Å². The first-order chi connectivity index (χ1) is 7.43. The van der Waals surface area contributed by atoms with Crippen molar-refractivity contribution in [3.05, 3.63) is 0 Å². The highest BCUT2D eigenvalue weighted by Crippen LogP contribution is 2.20. The Balaban J connectivity index is 1.79. The summed E-state index contributed by atoms with van der Waals surface area (Å²) in [4.78, 5) is 0. The molecule has 0 radical (unpaired) electrons. The Morgan fingerprint density at radius 2 is 1.80 bits per heavy atom. The number of hydrogen-bond donors (Lipinski definition) is 2. The summed E-state index contributed by atoms with van der Waals surface area (Å²) >= 11 is 0. The maximum absolute atomic E-state index is 5.82. The van der Waals surface area contributed by atoms with E-state index in [9.17, 15) is 0 Å². The SMILES string of the molecule is NCCCNCCCOC1CCCCC1. The van der Waals surface area contributed by atoms with Gasteiger partial charge in [-0.1, -0.05) is 19.3 Å². The highest BCUT2D eigenvalue weighted by molar-refractivity contribution is 4.65. The molecule has 3 nitrogen and oxygen atoms in total. The molecule has 3 heteroatoms. The molecule has 1 rings (SSSR count). The minimum atomic E-state index is 0.558. The van der Waals surface area contributed by atoms with Crippen molar-refractivity contribution in [1.29, 1.82) is 0 Å². The van der Waals surface area contributed by atoms with E-state index in [1.807, 2.05) is 0 Å². The zero-order valence-electron chi connectivity index (χ0n) is 9.84. The molecule has 15 heavy (non-hydrogen) atoms. The van der Waals surface area contributed by atoms with Gasteiger partial charge in [0.1, 0.15) is 0 Å². The molecule has 0 unspecified atom stereocenters. The second-order valence-corrected chi connectivity index (χ2v) is 4.38. The highest BCUT2D eigenvalue weighted by atomic mass is 16.5. The first kappa shape index (κ1) is 12.9. The van der Waals surface area contributed by atoms with Gasteiger partial charge in [-0.15, -0.1) is 0 Å². The third-order valence-electron chi connectivity index (χ3n) is 2.96. The smallest absolute Gasteiger partial charge is 0.0575 e. The van der Waals surface area contributed by atoms with E-state index in [1.54, 1.807) is 0 Å². The predicted octanol–water partition coefficient (Wildman–Crippen LogP) is 1.66. The first-order valence-electron chi connectivity index (χ1n) is 6.46. The van der Waals surface area contributed by atoms with Gasteiger partial charge in [0.25, 0.3) is 0 Å². The van der Waals surface area contributed by atoms with Crippen molar-refractivity contribution in [3.8, 4) is 0 Å². The van der Waals surface area contributed by atoms with E-state index in [1.165, 1.54) is 32.1 Å². The van der Waals surface area contributed by atoms with Crippen molar-refractivity contribution < 1.29 is 4.74 Å². The second-order valence-electron chi connectivity index (χ2n) is 4.38. The van der Waals surface area contributed by atoms with Gasteiger partial charge < -0.3 is 15.8 Å². The third kappa shape index (κ3) is 6.88. The summed E-state index contributed by atoms with van der Waals surface area (Å²) in [6.07, 6.45) is 9.44. The molecule has 0 aliphatic heterocycles. The van der Waals surface area contributed by atoms with Gasteiger partial charge in [0.15, 0.2) is 0 Å². The molecule has 1 fully saturated rings. The molecule has 0 atom stereocenters. The minimum Gasteiger partial charge on any atom is -0.378 e. The third-order valence-corrected chi connectivity index (χ3v) is 2.96. The van der Waals surface area contributed by atoms with Crippen LogP contribution in [0.4, 0.5) is 0 Å². The van der Waals surface area contributed by atoms with Crippen LogP contribution in [0.2, 0.25) is 0 Å². The van der Waals surface area contributed by atoms with Gasteiger partial charge in [-0.2, -0.15) is 0 Å². The molecule has 90 valence electrons. The minimum absolute atomic E-state index is 0.558. The number of nitrogens with two attached hydrogens (primary N) is 1. The molecule has 0 aromatic carbocycles. The number of rotatable bonds is 8. The molecule has 1 aliphatic carbocycles. The lowest BCUT2D eigenvalue weighted by molar-refractivity contribution is 0.0273. The largest absolute Gasteiger partial charge is 0.378 e. The zero-order valence-corrected chi connectivity index (χ0v) is 9.84. The molecule has 0 bridgehead atoms. The topological polar surface area (TPSA) is 47.3 Å². The van der Waals surface area contributed by atoms with Crippen LogP contribution in [0.1, 0.15) is 44.9 Å². The van der Waals surface area contributed by atoms with Crippen molar-refractivity contribution in [3.63, 3.8) is 0 Å². The molecule has 1 saturated carbocycles. The van der Waals surface area contributed by atoms with Crippen LogP contribution in [0.15, 0.2) is 0 Å². The van der Waals surface area contributed by atoms with Crippen LogP contribution in [0, 0.1) is 0 Å². The Bertz CT molecular complexity index is 136. The Kier molecular flexibility index (Phi) is 7.88. The average molecular weight is 214 g/mol. The van der Waals surface area contributed by atoms with Crippen LogP contribution in [0.3, 0.4) is 0 Å². The molecule has 0 spiro atoms. The Morgan fingerprint density at radius 3 is 2.53 bits per heavy atom. The van der Waals surface area contributed by atoms with Gasteiger partial charge >= 0.3 is 0 Å². The van der Waals surface area contributed by atoms with Crippen molar-refractivity contribution in [1.82, 2.24) is 5.32 Å². The molecule has 0 aromatic heterocycles. The fraction of sp³-hybridized carbons (Fsp3) is 1.00. The number of hydrogen-bond acceptors (Lipinski definition) is 3. The summed E-state index contributed by atoms with van der Waals surface area (Å²) < 4.78 is 5.82. The lowest BCUT2D eigenvalue weighted by atomic mass is 9.98. The highest BCUT2D eigenvalue weighted by Gasteiger charge is 2.12. The molecule has 0 amide bonds. The van der Waals surface area contributed by atoms with Crippen LogP contribution in [-0.4, -0.2) is 32.3 Å². The summed E-state index contributed by atoms with van der Waals surface area (Å²) in [6, 6.07) is 0. The van der Waals surface area contributed by atoms with E-state index in [2.05, 4.69) is 5.32 Å². The monoisotopic (exact) mass is 214 g/mol. The maximum Gasteiger partial charge on any atom is 0.0575 e. The van der Waals surface area contributed by atoms with E-state index < -0.39 is 0 Å². The fourth-order valence-electron chi connectivity index (χ4n) is 2.03. The van der Waals surface area contributed by atoms with E-state index in [0.717, 1.165) is 39.1 Å². The van der Waals surface area contributed by atoms with Crippen LogP contribution in [0.25, 0.3) is 0 Å². The predicted molar refractivity (Wildman–Crippen MR) is 64.0 cm³/mol. The summed E-state index contributed by atoms with van der Waals surface area (Å²) in [5.41, 5.74) is 5.40. The molecule has 0 heterocycles. The molecular weight excluding hydrogens is 188 g/mol. The number of ether oxygens (including phenoxy) is 1. The Hall–Kier alpha value is -0.120. The van der Waals surface area contributed by atoms with Gasteiger partial charge in [-0.3, -0.25) is 0 Å². The van der Waals surface area contributed by atoms with Crippen molar-refractivity contribution >= 4 is 0 Å². The van der Waals surface area contributed by atoms with Crippen LogP contribution in [0.5, 0.6) is 0 Å². The van der Waals surface area contributed by atoms with Gasteiger partial charge in [0.05, 0.1) is 6.10 Å². The van der Waals surface area contributed by atoms with E-state index in [4.69, 9.17) is 10.5 Å². The lowest BCUT2D eigenvalue weighted by Crippen LogP contribution is -2.22. The van der Waals surface area contributed by atoms with Crippen LogP contribution in [-0.2, 0) is 4.74 Å². The van der Waals surface area contributed by atoms with Gasteiger partial charge in [0, 0.05) is 6.61 Å². The van der Waals surface area contributed by atoms with Gasteiger partial charge in [0.2, 0.25) is 0 Å². The summed E-state index contributed by atoms with van der Waals surface area (Å²) in [6.45, 7) is 3.80. The summed E-state index contributed by atoms with van der Waals surface area (Å²) in [7, 11) is 0. The number of nitrogens with one attached hydrogen (secondary N) is 1. The zero-order chi connectivity index (χ0) is 10.8. The van der Waals surface area contributed by atoms with E-state index in [0.29, 0.717) is 6.10 Å². The van der Waals surface area contributed by atoms with Crippen molar-refractivity contribution in [2.24, 2.45) is 5.73 Å². The average Bonchev–Trinajstić information content (AvgIpc) is 2.29. The summed E-state index contributed by atoms with van der Waals surface area (Å²) in [5, 5.41) is 3.36. The maximum atomic E-state index is 5.82. The van der Waals surface area contributed by atoms with Gasteiger partial charge in [-0.05, 0) is 45.3 Å². The molecular formula is C12H26N2O. The van der Waals surface area contributed by atoms with Crippen molar-refractivity contribution in [2.45, 2.75) is 51.0 Å². The lowest BCUT2D eigenvalue weighted by Gasteiger charge is -2.21. The summed E-state index contributed by atoms with van der Waals surface area (Å²) in [5.74, 6) is 0. The normalized spacial score (nSPS) is 18.2. The van der Waals surface area contributed by atoms with Crippen LogP contribution >= 0.6 is 0 Å². The molecule has 3 N–H and O–H groups in total. The quantitative estimate of drug-likeness (QED) is 0.604. The van der Waals surface area contributed by atoms with Crippen LogP contribution < -0.4 is 11.1 Å². The fourth-order valence-corrected chi connectivity index (χ4v) is 2.03. The first-order valence-corrected chi connectivity index (χ1v) is 6.46. The molecule has 0 saturated heterocycles. The second kappa shape index (κ2) is 9.13. The molecule has 1 aliphatic rings. The molecule has 0 aromatic rings. The van der Waals surface area contributed by atoms with E-state index in [-0.39, 0.29) is 0 Å². The standard InChI is InChI=1S/C12H26N2O/c13-8-4-9-14-10-5-11-15-12-6-2-1-3-7-12/h12,14H,1-11,13H2. The van der Waals surface area contributed by atoms with E-state index >= 15 is 0 Å². The Labute approximate surface area is 93.8 Å². The Morgan fingerprint density at radius 1 is 1.07 bits per heavy atom.